The third kappa shape index (κ3) is 2.89. The Morgan fingerprint density at radius 1 is 1.00 bits per heavy atom. The summed E-state index contributed by atoms with van der Waals surface area (Å²) in [6, 6.07) is 0.730. The van der Waals surface area contributed by atoms with E-state index in [9.17, 15) is 5.11 Å². The van der Waals surface area contributed by atoms with Crippen molar-refractivity contribution in [2.45, 2.75) is 96.6 Å². The SMILES string of the molecule is C[C@]12CCC(O)CC1=CC[C@@H]1[C@@H]2CC[C@]2(C)C(CC3CCCCN3)=CC[C@@H]12. The zero-order valence-electron chi connectivity index (χ0n) is 17.5. The van der Waals surface area contributed by atoms with Crippen molar-refractivity contribution in [2.24, 2.45) is 28.6 Å². The van der Waals surface area contributed by atoms with Gasteiger partial charge in [-0.1, -0.05) is 43.6 Å². The van der Waals surface area contributed by atoms with Gasteiger partial charge in [0.05, 0.1) is 6.10 Å². The lowest BCUT2D eigenvalue weighted by atomic mass is 9.47. The van der Waals surface area contributed by atoms with Crippen LogP contribution in [0.5, 0.6) is 0 Å². The van der Waals surface area contributed by atoms with E-state index in [1.165, 1.54) is 64.3 Å². The zero-order valence-corrected chi connectivity index (χ0v) is 17.5. The van der Waals surface area contributed by atoms with Gasteiger partial charge in [-0.05, 0) is 99.3 Å². The van der Waals surface area contributed by atoms with Gasteiger partial charge in [0.25, 0.3) is 0 Å². The van der Waals surface area contributed by atoms with Crippen molar-refractivity contribution in [1.82, 2.24) is 5.32 Å². The van der Waals surface area contributed by atoms with Crippen molar-refractivity contribution in [3.63, 3.8) is 0 Å². The van der Waals surface area contributed by atoms with Gasteiger partial charge >= 0.3 is 0 Å². The van der Waals surface area contributed by atoms with E-state index in [1.807, 2.05) is 0 Å². The Balaban J connectivity index is 1.36. The minimum Gasteiger partial charge on any atom is -0.393 e. The molecule has 0 amide bonds. The van der Waals surface area contributed by atoms with Gasteiger partial charge in [-0.25, -0.2) is 0 Å². The summed E-state index contributed by atoms with van der Waals surface area (Å²) in [7, 11) is 0. The molecule has 0 aromatic carbocycles. The molecule has 1 heterocycles. The summed E-state index contributed by atoms with van der Waals surface area (Å²) in [6.45, 7) is 6.38. The maximum atomic E-state index is 10.2. The molecule has 0 aromatic rings. The van der Waals surface area contributed by atoms with Crippen molar-refractivity contribution >= 4 is 0 Å². The first-order valence-corrected chi connectivity index (χ1v) is 11.8. The summed E-state index contributed by atoms with van der Waals surface area (Å²) in [4.78, 5) is 0. The molecule has 7 atom stereocenters. The van der Waals surface area contributed by atoms with Crippen LogP contribution in [0.3, 0.4) is 0 Å². The third-order valence-corrected chi connectivity index (χ3v) is 9.70. The van der Waals surface area contributed by atoms with Crippen LogP contribution in [0.4, 0.5) is 0 Å². The predicted molar refractivity (Wildman–Crippen MR) is 111 cm³/mol. The minimum atomic E-state index is -0.0857. The number of aliphatic hydroxyl groups is 1. The smallest absolute Gasteiger partial charge is 0.0577 e. The fraction of sp³-hybridized carbons (Fsp3) is 0.840. The summed E-state index contributed by atoms with van der Waals surface area (Å²) in [5, 5.41) is 14.0. The van der Waals surface area contributed by atoms with Crippen LogP contribution in [0, 0.1) is 28.6 Å². The Bertz CT molecular complexity index is 645. The highest BCUT2D eigenvalue weighted by Crippen LogP contribution is 2.65. The number of rotatable bonds is 2. The number of nitrogens with one attached hydrogen (secondary N) is 1. The average molecular weight is 370 g/mol. The molecule has 5 aliphatic rings. The summed E-state index contributed by atoms with van der Waals surface area (Å²) >= 11 is 0. The fourth-order valence-corrected chi connectivity index (χ4v) is 7.98. The summed E-state index contributed by atoms with van der Waals surface area (Å²) in [5.41, 5.74) is 4.22. The van der Waals surface area contributed by atoms with Gasteiger partial charge in [-0.3, -0.25) is 0 Å². The largest absolute Gasteiger partial charge is 0.393 e. The standard InChI is InChI=1S/C25H39NO/c1-24-12-10-20(27)16-18(24)6-8-21-22-9-7-17(15-19-5-3-4-14-26-19)25(22,2)13-11-23(21)24/h6-7,19-23,26-27H,3-5,8-16H2,1-2H3/t19?,20?,21-,22-,23-,24-,25+/m0/s1. The number of hydrogen-bond donors (Lipinski definition) is 2. The van der Waals surface area contributed by atoms with Crippen LogP contribution in [0.25, 0.3) is 0 Å². The lowest BCUT2D eigenvalue weighted by molar-refractivity contribution is -0.0304. The second-order valence-corrected chi connectivity index (χ2v) is 10.9. The van der Waals surface area contributed by atoms with E-state index in [4.69, 9.17) is 0 Å². The highest BCUT2D eigenvalue weighted by Gasteiger charge is 2.56. The molecule has 0 radical (unpaired) electrons. The van der Waals surface area contributed by atoms with Crippen LogP contribution in [-0.2, 0) is 0 Å². The molecule has 150 valence electrons. The van der Waals surface area contributed by atoms with Crippen molar-refractivity contribution in [3.05, 3.63) is 23.3 Å². The number of aliphatic hydroxyl groups excluding tert-OH is 1. The van der Waals surface area contributed by atoms with Crippen LogP contribution < -0.4 is 5.32 Å². The Morgan fingerprint density at radius 3 is 2.67 bits per heavy atom. The second kappa shape index (κ2) is 6.73. The van der Waals surface area contributed by atoms with E-state index >= 15 is 0 Å². The third-order valence-electron chi connectivity index (χ3n) is 9.70. The fourth-order valence-electron chi connectivity index (χ4n) is 7.98. The zero-order chi connectivity index (χ0) is 18.6. The molecule has 2 heteroatoms. The Hall–Kier alpha value is -0.600. The van der Waals surface area contributed by atoms with Gasteiger partial charge in [0.1, 0.15) is 0 Å². The van der Waals surface area contributed by atoms with E-state index < -0.39 is 0 Å². The molecule has 2 unspecified atom stereocenters. The molecule has 3 fully saturated rings. The minimum absolute atomic E-state index is 0.0857. The van der Waals surface area contributed by atoms with Gasteiger partial charge < -0.3 is 10.4 Å². The molecule has 1 saturated heterocycles. The van der Waals surface area contributed by atoms with E-state index in [0.29, 0.717) is 10.8 Å². The summed E-state index contributed by atoms with van der Waals surface area (Å²) in [6.07, 6.45) is 19.1. The maximum Gasteiger partial charge on any atom is 0.0577 e. The van der Waals surface area contributed by atoms with Crippen LogP contribution in [0.1, 0.15) is 84.5 Å². The first-order chi connectivity index (χ1) is 13.0. The molecule has 0 spiro atoms. The highest BCUT2D eigenvalue weighted by atomic mass is 16.3. The Morgan fingerprint density at radius 2 is 1.85 bits per heavy atom. The van der Waals surface area contributed by atoms with Crippen LogP contribution in [0.2, 0.25) is 0 Å². The van der Waals surface area contributed by atoms with E-state index in [1.54, 1.807) is 11.1 Å². The molecule has 0 bridgehead atoms. The Labute approximate surface area is 165 Å². The first kappa shape index (κ1) is 18.4. The Kier molecular flexibility index (Phi) is 4.59. The molecule has 5 rings (SSSR count). The maximum absolute atomic E-state index is 10.2. The number of allylic oxidation sites excluding steroid dienone is 2. The normalized spacial score (nSPS) is 49.5. The van der Waals surface area contributed by atoms with Gasteiger partial charge in [0.15, 0.2) is 0 Å². The highest BCUT2D eigenvalue weighted by molar-refractivity contribution is 5.30. The van der Waals surface area contributed by atoms with E-state index in [-0.39, 0.29) is 6.10 Å². The van der Waals surface area contributed by atoms with Crippen molar-refractivity contribution in [3.8, 4) is 0 Å². The van der Waals surface area contributed by atoms with Gasteiger partial charge in [-0.15, -0.1) is 0 Å². The van der Waals surface area contributed by atoms with Gasteiger partial charge in [-0.2, -0.15) is 0 Å². The van der Waals surface area contributed by atoms with E-state index in [0.717, 1.165) is 36.6 Å². The molecule has 1 aliphatic heterocycles. The van der Waals surface area contributed by atoms with E-state index in [2.05, 4.69) is 31.3 Å². The van der Waals surface area contributed by atoms with Crippen molar-refractivity contribution in [2.75, 3.05) is 6.54 Å². The van der Waals surface area contributed by atoms with Crippen molar-refractivity contribution < 1.29 is 5.11 Å². The molecule has 2 N–H and O–H groups in total. The van der Waals surface area contributed by atoms with Gasteiger partial charge in [0, 0.05) is 6.04 Å². The molecule has 4 aliphatic carbocycles. The monoisotopic (exact) mass is 369 g/mol. The predicted octanol–water partition coefficient (Wildman–Crippen LogP) is 5.38. The quantitative estimate of drug-likeness (QED) is 0.641. The molecule has 27 heavy (non-hydrogen) atoms. The second-order valence-electron chi connectivity index (χ2n) is 10.9. The topological polar surface area (TPSA) is 32.3 Å². The molecular formula is C25H39NO. The van der Waals surface area contributed by atoms with Crippen molar-refractivity contribution in [1.29, 1.82) is 0 Å². The van der Waals surface area contributed by atoms with Gasteiger partial charge in [0.2, 0.25) is 0 Å². The lowest BCUT2D eigenvalue weighted by Crippen LogP contribution is -2.50. The van der Waals surface area contributed by atoms with Crippen LogP contribution >= 0.6 is 0 Å². The summed E-state index contributed by atoms with van der Waals surface area (Å²) < 4.78 is 0. The molecule has 2 nitrogen and oxygen atoms in total. The molecule has 0 aromatic heterocycles. The first-order valence-electron chi connectivity index (χ1n) is 11.8. The van der Waals surface area contributed by atoms with Crippen LogP contribution in [-0.4, -0.2) is 23.8 Å². The summed E-state index contributed by atoms with van der Waals surface area (Å²) in [5.74, 6) is 2.57. The molecule has 2 saturated carbocycles. The number of piperidine rings is 1. The number of fused-ring (bicyclic) bond motifs is 5. The lowest BCUT2D eigenvalue weighted by Gasteiger charge is -2.58. The van der Waals surface area contributed by atoms with Crippen LogP contribution in [0.15, 0.2) is 23.3 Å². The average Bonchev–Trinajstić information content (AvgIpc) is 3.00. The molecular weight excluding hydrogens is 330 g/mol. The number of hydrogen-bond acceptors (Lipinski definition) is 2.